The van der Waals surface area contributed by atoms with Crippen molar-refractivity contribution in [1.29, 1.82) is 0 Å². The van der Waals surface area contributed by atoms with Crippen molar-refractivity contribution in [2.75, 3.05) is 6.54 Å². The number of nitrogens with one attached hydrogen (secondary N) is 2. The quantitative estimate of drug-likeness (QED) is 0.611. The first kappa shape index (κ1) is 21.6. The maximum atomic E-state index is 12.7. The zero-order valence-electron chi connectivity index (χ0n) is 15.5. The van der Waals surface area contributed by atoms with Gasteiger partial charge in [-0.2, -0.15) is 4.72 Å². The summed E-state index contributed by atoms with van der Waals surface area (Å²) in [4.78, 5) is 12.8. The second-order valence-corrected chi connectivity index (χ2v) is 9.09. The summed E-state index contributed by atoms with van der Waals surface area (Å²) in [5.74, 6) is -0.437. The van der Waals surface area contributed by atoms with Crippen molar-refractivity contribution in [2.24, 2.45) is 5.92 Å². The minimum Gasteiger partial charge on any atom is -0.354 e. The number of sulfonamides is 1. The highest BCUT2D eigenvalue weighted by molar-refractivity contribution is 9.10. The Balaban J connectivity index is 2.05. The van der Waals surface area contributed by atoms with Crippen LogP contribution in [0, 0.1) is 5.92 Å². The number of rotatable bonds is 9. The standard InChI is InChI=1S/C20H25BrN2O3S/c1-3-15(2)19(20(24)22-14-13-16-7-5-4-6-8-16)23-27(25,26)18-11-9-17(21)10-12-18/h4-12,15,19,23H,3,13-14H2,1-2H3,(H,22,24). The van der Waals surface area contributed by atoms with Gasteiger partial charge in [-0.1, -0.05) is 66.5 Å². The molecule has 0 spiro atoms. The normalized spacial score (nSPS) is 13.7. The molecule has 0 bridgehead atoms. The second-order valence-electron chi connectivity index (χ2n) is 6.47. The Bertz CT molecular complexity index is 839. The van der Waals surface area contributed by atoms with Crippen molar-refractivity contribution in [3.8, 4) is 0 Å². The molecule has 0 saturated heterocycles. The van der Waals surface area contributed by atoms with Gasteiger partial charge in [0, 0.05) is 11.0 Å². The molecule has 0 saturated carbocycles. The number of carbonyl (C=O) groups excluding carboxylic acids is 1. The molecule has 146 valence electrons. The number of hydrogen-bond acceptors (Lipinski definition) is 3. The molecule has 5 nitrogen and oxygen atoms in total. The lowest BCUT2D eigenvalue weighted by molar-refractivity contribution is -0.123. The fourth-order valence-corrected chi connectivity index (χ4v) is 4.17. The Morgan fingerprint density at radius 2 is 1.70 bits per heavy atom. The van der Waals surface area contributed by atoms with Crippen molar-refractivity contribution < 1.29 is 13.2 Å². The molecule has 2 rings (SSSR count). The van der Waals surface area contributed by atoms with Crippen LogP contribution in [-0.4, -0.2) is 26.9 Å². The van der Waals surface area contributed by atoms with E-state index in [4.69, 9.17) is 0 Å². The monoisotopic (exact) mass is 452 g/mol. The van der Waals surface area contributed by atoms with Crippen molar-refractivity contribution in [3.63, 3.8) is 0 Å². The number of hydrogen-bond donors (Lipinski definition) is 2. The van der Waals surface area contributed by atoms with Crippen LogP contribution in [0.25, 0.3) is 0 Å². The first-order valence-electron chi connectivity index (χ1n) is 8.93. The summed E-state index contributed by atoms with van der Waals surface area (Å²) in [6.45, 7) is 4.25. The van der Waals surface area contributed by atoms with Gasteiger partial charge in [0.05, 0.1) is 4.90 Å². The van der Waals surface area contributed by atoms with E-state index in [2.05, 4.69) is 26.0 Å². The Kier molecular flexibility index (Phi) is 8.01. The van der Waals surface area contributed by atoms with Gasteiger partial charge in [-0.15, -0.1) is 0 Å². The maximum Gasteiger partial charge on any atom is 0.241 e. The largest absolute Gasteiger partial charge is 0.354 e. The van der Waals surface area contributed by atoms with E-state index in [1.807, 2.05) is 44.2 Å². The van der Waals surface area contributed by atoms with Gasteiger partial charge in [-0.25, -0.2) is 8.42 Å². The number of benzene rings is 2. The van der Waals surface area contributed by atoms with Crippen LogP contribution < -0.4 is 10.0 Å². The molecule has 2 aromatic rings. The van der Waals surface area contributed by atoms with E-state index >= 15 is 0 Å². The van der Waals surface area contributed by atoms with Gasteiger partial charge in [-0.3, -0.25) is 4.79 Å². The summed E-state index contributed by atoms with van der Waals surface area (Å²) in [5.41, 5.74) is 1.12. The summed E-state index contributed by atoms with van der Waals surface area (Å²) in [5, 5.41) is 2.86. The van der Waals surface area contributed by atoms with Crippen LogP contribution in [0.15, 0.2) is 64.0 Å². The van der Waals surface area contributed by atoms with E-state index in [1.165, 1.54) is 12.1 Å². The van der Waals surface area contributed by atoms with Crippen LogP contribution in [0.2, 0.25) is 0 Å². The highest BCUT2D eigenvalue weighted by atomic mass is 79.9. The van der Waals surface area contributed by atoms with E-state index in [0.29, 0.717) is 19.4 Å². The molecular formula is C20H25BrN2O3S. The molecule has 27 heavy (non-hydrogen) atoms. The van der Waals surface area contributed by atoms with Gasteiger partial charge < -0.3 is 5.32 Å². The van der Waals surface area contributed by atoms with E-state index in [-0.39, 0.29) is 16.7 Å². The predicted molar refractivity (Wildman–Crippen MR) is 111 cm³/mol. The molecule has 0 aliphatic rings. The molecule has 0 aromatic heterocycles. The average Bonchev–Trinajstić information content (AvgIpc) is 2.66. The van der Waals surface area contributed by atoms with Gasteiger partial charge >= 0.3 is 0 Å². The van der Waals surface area contributed by atoms with Crippen LogP contribution in [0.4, 0.5) is 0 Å². The molecule has 0 aliphatic heterocycles. The first-order chi connectivity index (χ1) is 12.8. The lowest BCUT2D eigenvalue weighted by Crippen LogP contribution is -2.50. The van der Waals surface area contributed by atoms with E-state index in [9.17, 15) is 13.2 Å². The molecule has 0 aliphatic carbocycles. The molecule has 0 fully saturated rings. The highest BCUT2D eigenvalue weighted by Crippen LogP contribution is 2.17. The van der Waals surface area contributed by atoms with Gasteiger partial charge in [0.15, 0.2) is 0 Å². The van der Waals surface area contributed by atoms with Gasteiger partial charge in [-0.05, 0) is 42.2 Å². The molecule has 0 radical (unpaired) electrons. The molecule has 2 N–H and O–H groups in total. The minimum absolute atomic E-state index is 0.132. The van der Waals surface area contributed by atoms with Crippen LogP contribution in [0.5, 0.6) is 0 Å². The van der Waals surface area contributed by atoms with Crippen molar-refractivity contribution >= 4 is 31.9 Å². The second kappa shape index (κ2) is 10.0. The first-order valence-corrected chi connectivity index (χ1v) is 11.2. The summed E-state index contributed by atoms with van der Waals surface area (Å²) in [7, 11) is -3.79. The van der Waals surface area contributed by atoms with Crippen molar-refractivity contribution in [3.05, 3.63) is 64.6 Å². The SMILES string of the molecule is CCC(C)C(NS(=O)(=O)c1ccc(Br)cc1)C(=O)NCCc1ccccc1. The molecule has 0 heterocycles. The smallest absolute Gasteiger partial charge is 0.241 e. The third-order valence-electron chi connectivity index (χ3n) is 4.46. The van der Waals surface area contributed by atoms with E-state index in [0.717, 1.165) is 10.0 Å². The lowest BCUT2D eigenvalue weighted by Gasteiger charge is -2.23. The van der Waals surface area contributed by atoms with Crippen LogP contribution in [0.3, 0.4) is 0 Å². The molecule has 2 unspecified atom stereocenters. The number of halogens is 1. The van der Waals surface area contributed by atoms with Crippen LogP contribution in [0.1, 0.15) is 25.8 Å². The fraction of sp³-hybridized carbons (Fsp3) is 0.350. The summed E-state index contributed by atoms with van der Waals surface area (Å²) >= 11 is 3.29. The van der Waals surface area contributed by atoms with Crippen LogP contribution >= 0.6 is 15.9 Å². The zero-order chi connectivity index (χ0) is 19.9. The topological polar surface area (TPSA) is 75.3 Å². The zero-order valence-corrected chi connectivity index (χ0v) is 17.9. The van der Waals surface area contributed by atoms with E-state index in [1.54, 1.807) is 12.1 Å². The third kappa shape index (κ3) is 6.45. The van der Waals surface area contributed by atoms with Crippen molar-refractivity contribution in [1.82, 2.24) is 10.0 Å². The summed E-state index contributed by atoms with van der Waals surface area (Å²) in [6.07, 6.45) is 1.37. The third-order valence-corrected chi connectivity index (χ3v) is 6.44. The molecule has 7 heteroatoms. The summed E-state index contributed by atoms with van der Waals surface area (Å²) < 4.78 is 28.7. The van der Waals surface area contributed by atoms with Gasteiger partial charge in [0.1, 0.15) is 6.04 Å². The van der Waals surface area contributed by atoms with Crippen LogP contribution in [-0.2, 0) is 21.2 Å². The highest BCUT2D eigenvalue weighted by Gasteiger charge is 2.29. The predicted octanol–water partition coefficient (Wildman–Crippen LogP) is 3.50. The molecule has 2 aromatic carbocycles. The number of carbonyl (C=O) groups is 1. The summed E-state index contributed by atoms with van der Waals surface area (Å²) in [6, 6.07) is 15.3. The average molecular weight is 453 g/mol. The van der Waals surface area contributed by atoms with E-state index < -0.39 is 16.1 Å². The fourth-order valence-electron chi connectivity index (χ4n) is 2.60. The van der Waals surface area contributed by atoms with Crippen molar-refractivity contribution in [2.45, 2.75) is 37.6 Å². The maximum absolute atomic E-state index is 12.7. The Labute approximate surface area is 169 Å². The van der Waals surface area contributed by atoms with Gasteiger partial charge in [0.25, 0.3) is 0 Å². The number of amides is 1. The lowest BCUT2D eigenvalue weighted by atomic mass is 9.99. The Morgan fingerprint density at radius 1 is 1.07 bits per heavy atom. The Hall–Kier alpha value is -1.70. The molecule has 1 amide bonds. The molecule has 2 atom stereocenters. The van der Waals surface area contributed by atoms with Gasteiger partial charge in [0.2, 0.25) is 15.9 Å². The molecular weight excluding hydrogens is 428 g/mol. The Morgan fingerprint density at radius 3 is 2.30 bits per heavy atom. The minimum atomic E-state index is -3.79.